The van der Waals surface area contributed by atoms with Crippen molar-refractivity contribution in [2.24, 2.45) is 0 Å². The van der Waals surface area contributed by atoms with Crippen LogP contribution < -0.4 is 10.5 Å². The number of anilines is 2. The van der Waals surface area contributed by atoms with Gasteiger partial charge in [0.1, 0.15) is 10.7 Å². The smallest absolute Gasteiger partial charge is 0.265 e. The van der Waals surface area contributed by atoms with Crippen molar-refractivity contribution < 1.29 is 12.8 Å². The number of nitrogens with two attached hydrogens (primary N) is 1. The molecule has 0 bridgehead atoms. The van der Waals surface area contributed by atoms with Crippen molar-refractivity contribution in [1.29, 1.82) is 0 Å². The standard InChI is InChI=1S/C10H9FN4O2S/c11-7-2-1-3-8(10(7)12)18(16,17)15-9-6-13-4-5-14-9/h1-6H,12H2,(H,14,15). The lowest BCUT2D eigenvalue weighted by atomic mass is 10.3. The lowest BCUT2D eigenvalue weighted by Crippen LogP contribution is -2.16. The van der Waals surface area contributed by atoms with E-state index in [0.717, 1.165) is 6.07 Å². The molecule has 3 N–H and O–H groups in total. The predicted molar refractivity (Wildman–Crippen MR) is 63.7 cm³/mol. The zero-order chi connectivity index (χ0) is 13.2. The number of aromatic nitrogens is 2. The second kappa shape index (κ2) is 4.57. The van der Waals surface area contributed by atoms with E-state index in [1.54, 1.807) is 0 Å². The first-order valence-corrected chi connectivity index (χ1v) is 6.32. The third-order valence-electron chi connectivity index (χ3n) is 2.10. The zero-order valence-corrected chi connectivity index (χ0v) is 9.86. The number of nitrogen functional groups attached to an aromatic ring is 1. The van der Waals surface area contributed by atoms with Gasteiger partial charge < -0.3 is 5.73 Å². The summed E-state index contributed by atoms with van der Waals surface area (Å²) in [5.41, 5.74) is 4.96. The molecule has 0 spiro atoms. The molecular weight excluding hydrogens is 259 g/mol. The van der Waals surface area contributed by atoms with Gasteiger partial charge in [0.15, 0.2) is 5.82 Å². The van der Waals surface area contributed by atoms with Gasteiger partial charge in [-0.2, -0.15) is 0 Å². The van der Waals surface area contributed by atoms with Gasteiger partial charge in [0.2, 0.25) is 0 Å². The van der Waals surface area contributed by atoms with Crippen LogP contribution in [0.1, 0.15) is 0 Å². The van der Waals surface area contributed by atoms with Gasteiger partial charge in [-0.3, -0.25) is 9.71 Å². The summed E-state index contributed by atoms with van der Waals surface area (Å²) in [6.07, 6.45) is 3.95. The highest BCUT2D eigenvalue weighted by molar-refractivity contribution is 7.92. The molecule has 2 rings (SSSR count). The second-order valence-corrected chi connectivity index (χ2v) is 5.00. The first kappa shape index (κ1) is 12.2. The van der Waals surface area contributed by atoms with E-state index in [1.165, 1.54) is 30.7 Å². The van der Waals surface area contributed by atoms with Crippen molar-refractivity contribution >= 4 is 21.5 Å². The van der Waals surface area contributed by atoms with Crippen LogP contribution in [0.4, 0.5) is 15.9 Å². The molecule has 0 aliphatic heterocycles. The summed E-state index contributed by atoms with van der Waals surface area (Å²) in [7, 11) is -3.98. The summed E-state index contributed by atoms with van der Waals surface area (Å²) in [6, 6.07) is 3.55. The molecule has 8 heteroatoms. The highest BCUT2D eigenvalue weighted by Crippen LogP contribution is 2.22. The van der Waals surface area contributed by atoms with E-state index in [-0.39, 0.29) is 10.7 Å². The SMILES string of the molecule is Nc1c(F)cccc1S(=O)(=O)Nc1cnccn1. The predicted octanol–water partition coefficient (Wildman–Crippen LogP) is 0.999. The maximum absolute atomic E-state index is 13.2. The molecule has 0 fully saturated rings. The fourth-order valence-electron chi connectivity index (χ4n) is 1.30. The Bertz CT molecular complexity index is 661. The van der Waals surface area contributed by atoms with Gasteiger partial charge in [-0.15, -0.1) is 0 Å². The summed E-state index contributed by atoms with van der Waals surface area (Å²) in [4.78, 5) is 7.12. The van der Waals surface area contributed by atoms with Crippen molar-refractivity contribution in [3.8, 4) is 0 Å². The summed E-state index contributed by atoms with van der Waals surface area (Å²) in [5.74, 6) is -0.766. The van der Waals surface area contributed by atoms with Crippen molar-refractivity contribution in [1.82, 2.24) is 9.97 Å². The van der Waals surface area contributed by atoms with Crippen molar-refractivity contribution in [2.45, 2.75) is 4.90 Å². The molecule has 6 nitrogen and oxygen atoms in total. The minimum atomic E-state index is -3.98. The van der Waals surface area contributed by atoms with Gasteiger partial charge in [-0.05, 0) is 12.1 Å². The van der Waals surface area contributed by atoms with Gasteiger partial charge >= 0.3 is 0 Å². The Morgan fingerprint density at radius 1 is 1.28 bits per heavy atom. The Kier molecular flexibility index (Phi) is 3.11. The molecule has 1 heterocycles. The molecule has 0 saturated heterocycles. The second-order valence-electron chi connectivity index (χ2n) is 3.35. The minimum Gasteiger partial charge on any atom is -0.395 e. The Morgan fingerprint density at radius 2 is 2.06 bits per heavy atom. The van der Waals surface area contributed by atoms with Crippen LogP contribution in [0.15, 0.2) is 41.7 Å². The first-order chi connectivity index (χ1) is 8.50. The van der Waals surface area contributed by atoms with Crippen LogP contribution in [0.3, 0.4) is 0 Å². The number of hydrogen-bond acceptors (Lipinski definition) is 5. The number of nitrogens with zero attached hydrogens (tertiary/aromatic N) is 2. The van der Waals surface area contributed by atoms with Crippen molar-refractivity contribution in [2.75, 3.05) is 10.5 Å². The van der Waals surface area contributed by atoms with E-state index in [9.17, 15) is 12.8 Å². The average molecular weight is 268 g/mol. The van der Waals surface area contributed by atoms with Crippen molar-refractivity contribution in [3.05, 3.63) is 42.6 Å². The van der Waals surface area contributed by atoms with Crippen LogP contribution in [0, 0.1) is 5.82 Å². The first-order valence-electron chi connectivity index (χ1n) is 4.83. The molecule has 0 saturated carbocycles. The summed E-state index contributed by atoms with van der Waals surface area (Å²) in [6.45, 7) is 0. The molecule has 94 valence electrons. The fourth-order valence-corrected chi connectivity index (χ4v) is 2.43. The van der Waals surface area contributed by atoms with Crippen LogP contribution in [-0.2, 0) is 10.0 Å². The van der Waals surface area contributed by atoms with Gasteiger partial charge in [-0.25, -0.2) is 17.8 Å². The molecule has 2 aromatic rings. The van der Waals surface area contributed by atoms with E-state index >= 15 is 0 Å². The fraction of sp³-hybridized carbons (Fsp3) is 0. The lowest BCUT2D eigenvalue weighted by molar-refractivity contribution is 0.597. The Hall–Kier alpha value is -2.22. The number of benzene rings is 1. The van der Waals surface area contributed by atoms with Crippen LogP contribution >= 0.6 is 0 Å². The number of nitrogens with one attached hydrogen (secondary N) is 1. The molecule has 1 aromatic carbocycles. The molecule has 0 aliphatic rings. The normalized spacial score (nSPS) is 11.2. The number of para-hydroxylation sites is 1. The number of halogens is 1. The number of hydrogen-bond donors (Lipinski definition) is 2. The zero-order valence-electron chi connectivity index (χ0n) is 9.04. The van der Waals surface area contributed by atoms with Gasteiger partial charge in [0, 0.05) is 12.4 Å². The largest absolute Gasteiger partial charge is 0.395 e. The van der Waals surface area contributed by atoms with Gasteiger partial charge in [-0.1, -0.05) is 6.07 Å². The van der Waals surface area contributed by atoms with Crippen LogP contribution in [0.25, 0.3) is 0 Å². The summed E-state index contributed by atoms with van der Waals surface area (Å²) in [5, 5.41) is 0. The van der Waals surface area contributed by atoms with Crippen LogP contribution in [-0.4, -0.2) is 18.4 Å². The number of sulfonamides is 1. The Labute approximate surface area is 103 Å². The average Bonchev–Trinajstić information content (AvgIpc) is 2.33. The van der Waals surface area contributed by atoms with E-state index in [2.05, 4.69) is 14.7 Å². The summed E-state index contributed by atoms with van der Waals surface area (Å²) >= 11 is 0. The van der Waals surface area contributed by atoms with Crippen molar-refractivity contribution in [3.63, 3.8) is 0 Å². The third-order valence-corrected chi connectivity index (χ3v) is 3.52. The van der Waals surface area contributed by atoms with Crippen LogP contribution in [0.2, 0.25) is 0 Å². The van der Waals surface area contributed by atoms with Gasteiger partial charge in [0.25, 0.3) is 10.0 Å². The maximum Gasteiger partial charge on any atom is 0.265 e. The molecule has 0 unspecified atom stereocenters. The Morgan fingerprint density at radius 3 is 2.72 bits per heavy atom. The molecular formula is C10H9FN4O2S. The monoisotopic (exact) mass is 268 g/mol. The molecule has 0 amide bonds. The van der Waals surface area contributed by atoms with Gasteiger partial charge in [0.05, 0.1) is 11.9 Å². The molecule has 0 atom stereocenters. The quantitative estimate of drug-likeness (QED) is 0.809. The lowest BCUT2D eigenvalue weighted by Gasteiger charge is -2.09. The van der Waals surface area contributed by atoms with Crippen LogP contribution in [0.5, 0.6) is 0 Å². The number of rotatable bonds is 3. The molecule has 0 radical (unpaired) electrons. The van der Waals surface area contributed by atoms with E-state index in [4.69, 9.17) is 5.73 Å². The third kappa shape index (κ3) is 2.38. The minimum absolute atomic E-state index is 0.0289. The van der Waals surface area contributed by atoms with E-state index in [1.807, 2.05) is 0 Å². The van der Waals surface area contributed by atoms with E-state index in [0.29, 0.717) is 0 Å². The highest BCUT2D eigenvalue weighted by atomic mass is 32.2. The summed E-state index contributed by atoms with van der Waals surface area (Å²) < 4.78 is 39.3. The molecule has 1 aromatic heterocycles. The highest BCUT2D eigenvalue weighted by Gasteiger charge is 2.19. The maximum atomic E-state index is 13.2. The van der Waals surface area contributed by atoms with E-state index < -0.39 is 21.5 Å². The molecule has 18 heavy (non-hydrogen) atoms. The topological polar surface area (TPSA) is 98.0 Å². The Balaban J connectivity index is 2.41. The molecule has 0 aliphatic carbocycles.